The number of hydrogen-bond acceptors (Lipinski definition) is 6. The normalized spacial score (nSPS) is 14.8. The lowest BCUT2D eigenvalue weighted by Gasteiger charge is -2.30. The molecule has 0 fully saturated rings. The highest BCUT2D eigenvalue weighted by molar-refractivity contribution is 7.08. The van der Waals surface area contributed by atoms with Crippen molar-refractivity contribution in [2.45, 2.75) is 39.5 Å². The quantitative estimate of drug-likeness (QED) is 0.203. The largest absolute Gasteiger partial charge is 0.738 e. The van der Waals surface area contributed by atoms with Crippen LogP contribution in [0.3, 0.4) is 0 Å². The minimum atomic E-state index is -4.47. The molecule has 214 valence electrons. The molecule has 0 amide bonds. The maximum Gasteiger partial charge on any atom is 0.738 e. The maximum absolute atomic E-state index is 17.0. The molecule has 2 aliphatic heterocycles. The summed E-state index contributed by atoms with van der Waals surface area (Å²) in [5.74, 6) is 11.2. The standard InChI is InChI=1S/C31H27BF2N2O4S2/c1-20-24(7-11-30(37)39-3)28-17-29-25(8-12-31(38)40-4)21(2)27(10-6-23-14-16-42-19-23)36(29)32(33,34)35(28)26(20)9-5-22-13-15-41-18-22/h13-19H,7-8,11-12H2,1-4H3. The highest BCUT2D eigenvalue weighted by atomic mass is 32.1. The molecule has 0 radical (unpaired) electrons. The summed E-state index contributed by atoms with van der Waals surface area (Å²) < 4.78 is 45.7. The van der Waals surface area contributed by atoms with Crippen molar-refractivity contribution in [3.8, 4) is 23.7 Å². The molecule has 0 N–H and O–H groups in total. The minimum absolute atomic E-state index is 0.0325. The fraction of sp³-hybridized carbons (Fsp3) is 0.258. The van der Waals surface area contributed by atoms with Crippen LogP contribution < -0.4 is 0 Å². The number of ether oxygens (including phenoxy) is 2. The summed E-state index contributed by atoms with van der Waals surface area (Å²) in [6.07, 6.45) is 2.19. The molecule has 3 aromatic heterocycles. The van der Waals surface area contributed by atoms with Crippen LogP contribution in [0.5, 0.6) is 0 Å². The van der Waals surface area contributed by atoms with Gasteiger partial charge in [-0.2, -0.15) is 22.7 Å². The SMILES string of the molecule is COC(=O)CCC1=C(C)C(C#Cc2ccsc2)=[N+]2C1=Cc1c(CCC(=O)OC)c(C)c(C#Cc3ccsc3)n1[B-]2(F)F. The molecule has 5 heterocycles. The van der Waals surface area contributed by atoms with Gasteiger partial charge in [0.25, 0.3) is 0 Å². The number of nitrogens with zero attached hydrogens (tertiary/aromatic N) is 2. The van der Waals surface area contributed by atoms with Crippen molar-refractivity contribution in [2.75, 3.05) is 14.2 Å². The number of esters is 2. The highest BCUT2D eigenvalue weighted by Gasteiger charge is 2.56. The fourth-order valence-corrected chi connectivity index (χ4v) is 6.47. The number of aromatic nitrogens is 1. The second-order valence-electron chi connectivity index (χ2n) is 9.82. The van der Waals surface area contributed by atoms with Crippen LogP contribution in [0, 0.1) is 30.6 Å². The number of halogens is 2. The van der Waals surface area contributed by atoms with E-state index in [0.29, 0.717) is 22.3 Å². The van der Waals surface area contributed by atoms with Gasteiger partial charge in [0, 0.05) is 63.6 Å². The summed E-state index contributed by atoms with van der Waals surface area (Å²) in [5.41, 5.74) is 4.77. The van der Waals surface area contributed by atoms with E-state index in [9.17, 15) is 9.59 Å². The van der Waals surface area contributed by atoms with Gasteiger partial charge in [-0.3, -0.25) is 9.59 Å². The van der Waals surface area contributed by atoms with E-state index in [0.717, 1.165) is 20.1 Å². The number of fused-ring (bicyclic) bond motifs is 2. The Bertz CT molecular complexity index is 1790. The Hall–Kier alpha value is -4.19. The van der Waals surface area contributed by atoms with E-state index in [1.807, 2.05) is 33.7 Å². The summed E-state index contributed by atoms with van der Waals surface area (Å²) in [5, 5.41) is 7.47. The predicted octanol–water partition coefficient (Wildman–Crippen LogP) is 5.79. The van der Waals surface area contributed by atoms with E-state index < -0.39 is 18.9 Å². The van der Waals surface area contributed by atoms with Gasteiger partial charge in [-0.25, -0.2) is 0 Å². The van der Waals surface area contributed by atoms with E-state index in [2.05, 4.69) is 23.7 Å². The van der Waals surface area contributed by atoms with Crippen molar-refractivity contribution in [2.24, 2.45) is 0 Å². The van der Waals surface area contributed by atoms with Crippen LogP contribution in [0.1, 0.15) is 59.8 Å². The van der Waals surface area contributed by atoms with Crippen molar-refractivity contribution in [1.82, 2.24) is 4.48 Å². The third-order valence-electron chi connectivity index (χ3n) is 7.44. The van der Waals surface area contributed by atoms with Gasteiger partial charge < -0.3 is 27.1 Å². The van der Waals surface area contributed by atoms with E-state index in [1.54, 1.807) is 19.9 Å². The van der Waals surface area contributed by atoms with Crippen LogP contribution in [-0.2, 0) is 25.5 Å². The van der Waals surface area contributed by atoms with Gasteiger partial charge in [0.1, 0.15) is 0 Å². The summed E-state index contributed by atoms with van der Waals surface area (Å²) in [7, 11) is 2.60. The fourth-order valence-electron chi connectivity index (χ4n) is 5.30. The summed E-state index contributed by atoms with van der Waals surface area (Å²) in [4.78, 5) is 24.1. The molecule has 0 saturated carbocycles. The number of carbonyl (C=O) groups is 2. The molecule has 0 saturated heterocycles. The van der Waals surface area contributed by atoms with Crippen LogP contribution in [-0.4, -0.2) is 47.8 Å². The first-order chi connectivity index (χ1) is 20.2. The first-order valence-electron chi connectivity index (χ1n) is 13.2. The molecule has 5 rings (SSSR count). The zero-order valence-electron chi connectivity index (χ0n) is 23.5. The molecule has 3 aromatic rings. The van der Waals surface area contributed by atoms with Crippen LogP contribution >= 0.6 is 22.7 Å². The number of rotatable bonds is 6. The average molecular weight is 605 g/mol. The zero-order chi connectivity index (χ0) is 30.0. The summed E-state index contributed by atoms with van der Waals surface area (Å²) in [6.45, 7) is -0.963. The van der Waals surface area contributed by atoms with Crippen molar-refractivity contribution in [1.29, 1.82) is 0 Å². The smallest absolute Gasteiger partial charge is 0.469 e. The summed E-state index contributed by atoms with van der Waals surface area (Å²) in [6, 6.07) is 3.67. The molecule has 0 spiro atoms. The lowest BCUT2D eigenvalue weighted by Crippen LogP contribution is -2.51. The first-order valence-corrected chi connectivity index (χ1v) is 15.1. The van der Waals surface area contributed by atoms with E-state index in [4.69, 9.17) is 9.47 Å². The van der Waals surface area contributed by atoms with Gasteiger partial charge >= 0.3 is 18.9 Å². The Balaban J connectivity index is 1.75. The Kier molecular flexibility index (Phi) is 8.35. The number of methoxy groups -OCH3 is 2. The zero-order valence-corrected chi connectivity index (χ0v) is 25.2. The first kappa shape index (κ1) is 29.3. The molecule has 0 atom stereocenters. The van der Waals surface area contributed by atoms with Gasteiger partial charge in [0.05, 0.1) is 19.9 Å². The van der Waals surface area contributed by atoms with E-state index in [-0.39, 0.29) is 48.5 Å². The molecular weight excluding hydrogens is 577 g/mol. The van der Waals surface area contributed by atoms with Crippen LogP contribution in [0.15, 0.2) is 50.5 Å². The molecule has 2 aliphatic rings. The Morgan fingerprint density at radius 1 is 0.929 bits per heavy atom. The lowest BCUT2D eigenvalue weighted by molar-refractivity contribution is -0.361. The third-order valence-corrected chi connectivity index (χ3v) is 8.80. The van der Waals surface area contributed by atoms with Crippen molar-refractivity contribution in [3.05, 3.63) is 84.1 Å². The number of thiophene rings is 2. The molecule has 0 bridgehead atoms. The second kappa shape index (κ2) is 12.0. The number of hydrogen-bond donors (Lipinski definition) is 0. The van der Waals surface area contributed by atoms with Crippen LogP contribution in [0.25, 0.3) is 6.08 Å². The van der Waals surface area contributed by atoms with Crippen molar-refractivity contribution >= 4 is 53.4 Å². The van der Waals surface area contributed by atoms with Gasteiger partial charge in [0.15, 0.2) is 5.70 Å². The summed E-state index contributed by atoms with van der Waals surface area (Å²) >= 11 is 2.95. The molecule has 6 nitrogen and oxygen atoms in total. The van der Waals surface area contributed by atoms with Gasteiger partial charge in [-0.05, 0) is 66.6 Å². The average Bonchev–Trinajstić information content (AvgIpc) is 3.77. The van der Waals surface area contributed by atoms with Crippen molar-refractivity contribution in [3.63, 3.8) is 0 Å². The van der Waals surface area contributed by atoms with Gasteiger partial charge in [-0.1, -0.05) is 11.8 Å². The lowest BCUT2D eigenvalue weighted by atomic mass is 9.88. The monoisotopic (exact) mass is 604 g/mol. The Morgan fingerprint density at radius 3 is 2.10 bits per heavy atom. The van der Waals surface area contributed by atoms with E-state index in [1.165, 1.54) is 36.9 Å². The molecular formula is C31H27BF2N2O4S2. The topological polar surface area (TPSA) is 60.5 Å². The molecule has 11 heteroatoms. The Labute approximate surface area is 251 Å². The molecule has 0 aliphatic carbocycles. The second-order valence-corrected chi connectivity index (χ2v) is 11.4. The van der Waals surface area contributed by atoms with Crippen LogP contribution in [0.4, 0.5) is 8.63 Å². The predicted molar refractivity (Wildman–Crippen MR) is 162 cm³/mol. The molecule has 42 heavy (non-hydrogen) atoms. The van der Waals surface area contributed by atoms with Gasteiger partial charge in [-0.15, -0.1) is 0 Å². The minimum Gasteiger partial charge on any atom is -0.469 e. The molecule has 0 aromatic carbocycles. The van der Waals surface area contributed by atoms with Crippen molar-refractivity contribution < 1.29 is 32.2 Å². The van der Waals surface area contributed by atoms with Gasteiger partial charge in [0.2, 0.25) is 5.71 Å². The van der Waals surface area contributed by atoms with Crippen LogP contribution in [0.2, 0.25) is 0 Å². The number of carbonyl (C=O) groups excluding carboxylic acids is 2. The maximum atomic E-state index is 17.0. The Morgan fingerprint density at radius 2 is 1.52 bits per heavy atom. The highest BCUT2D eigenvalue weighted by Crippen LogP contribution is 2.42. The number of allylic oxidation sites excluding steroid dienone is 2. The molecule has 0 unspecified atom stereocenters. The third kappa shape index (κ3) is 5.38. The van der Waals surface area contributed by atoms with E-state index >= 15 is 8.63 Å².